The number of carboxylic acid groups (broad SMARTS) is 2. The Hall–Kier alpha value is -8.51. The molecule has 0 aliphatic rings. The van der Waals surface area contributed by atoms with E-state index in [4.69, 9.17) is 28.3 Å². The van der Waals surface area contributed by atoms with E-state index in [0.29, 0.717) is 19.9 Å². The molecule has 0 bridgehead atoms. The summed E-state index contributed by atoms with van der Waals surface area (Å²) in [5, 5.41) is 57.7. The van der Waals surface area contributed by atoms with E-state index in [0.717, 1.165) is 53.4 Å². The predicted molar refractivity (Wildman–Crippen MR) is 290 cm³/mol. The number of anilines is 3. The number of hydrogen-bond acceptors (Lipinski definition) is 20. The average molecular weight is 1070 g/mol. The Labute approximate surface area is 438 Å². The summed E-state index contributed by atoms with van der Waals surface area (Å²) in [4.78, 5) is 32.2. The Morgan fingerprint density at radius 2 is 0.836 bits per heavy atom. The molecular formula is C50H42ClN13O5S4. The number of carboxylic acids is 2. The van der Waals surface area contributed by atoms with Crippen molar-refractivity contribution in [2.24, 2.45) is 10.9 Å². The summed E-state index contributed by atoms with van der Waals surface area (Å²) in [6.07, 6.45) is 0.198. The van der Waals surface area contributed by atoms with Gasteiger partial charge >= 0.3 is 11.9 Å². The first-order valence-corrected chi connectivity index (χ1v) is 25.0. The highest BCUT2D eigenvalue weighted by atomic mass is 35.5. The number of carbonyl (C=O) groups is 3. The molecular weight excluding hydrogens is 1030 g/mol. The quantitative estimate of drug-likeness (QED) is 0.0271. The first-order valence-electron chi connectivity index (χ1n) is 21.4. The summed E-state index contributed by atoms with van der Waals surface area (Å²) in [6, 6.07) is 57.3. The first-order chi connectivity index (χ1) is 35.5. The molecule has 0 spiro atoms. The molecule has 0 amide bonds. The molecule has 0 saturated heterocycles. The molecule has 18 nitrogen and oxygen atoms in total. The number of carbonyl (C=O) groups excluding carboxylic acids is 1. The summed E-state index contributed by atoms with van der Waals surface area (Å²) in [6.45, 7) is 0. The summed E-state index contributed by atoms with van der Waals surface area (Å²) in [5.41, 5.74) is 16.4. The number of ketones is 1. The van der Waals surface area contributed by atoms with Gasteiger partial charge in [0.25, 0.3) is 0 Å². The van der Waals surface area contributed by atoms with Crippen molar-refractivity contribution in [2.75, 3.05) is 16.6 Å². The Morgan fingerprint density at radius 3 is 1.21 bits per heavy atom. The molecule has 4 aromatic heterocycles. The Bertz CT molecular complexity index is 3190. The molecule has 8 N–H and O–H groups in total. The Kier molecular flexibility index (Phi) is 21.4. The van der Waals surface area contributed by atoms with Gasteiger partial charge in [-0.25, -0.2) is 15.4 Å². The van der Waals surface area contributed by atoms with Gasteiger partial charge in [-0.1, -0.05) is 227 Å². The van der Waals surface area contributed by atoms with E-state index in [2.05, 4.69) is 56.7 Å². The highest BCUT2D eigenvalue weighted by Gasteiger charge is 2.13. The number of hydrazine groups is 1. The second kappa shape index (κ2) is 29.0. The number of nitrogen functional groups attached to an aromatic ring is 2. The molecule has 0 atom stereocenters. The van der Waals surface area contributed by atoms with Crippen LogP contribution in [0.1, 0.15) is 11.1 Å². The van der Waals surface area contributed by atoms with Gasteiger partial charge < -0.3 is 15.9 Å². The molecule has 6 aromatic carbocycles. The van der Waals surface area contributed by atoms with Crippen LogP contribution in [0.15, 0.2) is 187 Å². The molecule has 368 valence electrons. The minimum absolute atomic E-state index is 0.0117. The highest BCUT2D eigenvalue weighted by Crippen LogP contribution is 2.28. The van der Waals surface area contributed by atoms with Crippen LogP contribution in [0.3, 0.4) is 0 Å². The second-order valence-corrected chi connectivity index (χ2v) is 18.8. The van der Waals surface area contributed by atoms with Crippen LogP contribution in [0.4, 0.5) is 15.4 Å². The molecule has 0 aliphatic carbocycles. The highest BCUT2D eigenvalue weighted by molar-refractivity contribution is 7.19. The number of benzene rings is 6. The van der Waals surface area contributed by atoms with E-state index in [-0.39, 0.29) is 18.6 Å². The van der Waals surface area contributed by atoms with Crippen LogP contribution in [0.2, 0.25) is 4.47 Å². The number of aromatic nitrogens is 8. The molecule has 0 unspecified atom stereocenters. The third-order valence-electron chi connectivity index (χ3n) is 9.09. The number of nitrogens with two attached hydrogens (primary N) is 2. The fraction of sp³-hybridized carbons (Fsp3) is 0.0400. The van der Waals surface area contributed by atoms with E-state index >= 15 is 0 Å². The SMILES string of the molecule is Clc1nnc(-c2ccccc2)s1.NNc1nnc(-c2ccccc2)s1.Nc1nnc(-c2ccccc2)s1.O=C(O)/C(Cc1ccccc1)=N/Nc1nnc(-c2ccccc2)s1.O=C(O)C(=O)Cc1ccccc1. The lowest BCUT2D eigenvalue weighted by atomic mass is 10.1. The maximum Gasteiger partial charge on any atom is 0.372 e. The van der Waals surface area contributed by atoms with Crippen molar-refractivity contribution in [1.29, 1.82) is 0 Å². The van der Waals surface area contributed by atoms with Crippen molar-refractivity contribution >= 4 is 95.8 Å². The summed E-state index contributed by atoms with van der Waals surface area (Å²) in [5.74, 6) is 1.98. The third-order valence-corrected chi connectivity index (χ3v) is 12.7. The molecule has 23 heteroatoms. The molecule has 73 heavy (non-hydrogen) atoms. The lowest BCUT2D eigenvalue weighted by Crippen LogP contribution is -2.17. The van der Waals surface area contributed by atoms with Gasteiger partial charge in [-0.05, 0) is 22.7 Å². The van der Waals surface area contributed by atoms with Gasteiger partial charge in [0, 0.05) is 35.1 Å². The van der Waals surface area contributed by atoms with E-state index in [1.165, 1.54) is 45.3 Å². The maximum atomic E-state index is 11.3. The van der Waals surface area contributed by atoms with Crippen molar-refractivity contribution in [2.45, 2.75) is 12.8 Å². The zero-order valence-corrected chi connectivity index (χ0v) is 42.1. The van der Waals surface area contributed by atoms with Crippen LogP contribution in [0, 0.1) is 0 Å². The average Bonchev–Trinajstić information content (AvgIpc) is 4.29. The van der Waals surface area contributed by atoms with Gasteiger partial charge in [-0.15, -0.1) is 40.8 Å². The minimum Gasteiger partial charge on any atom is -0.477 e. The molecule has 0 aliphatic heterocycles. The molecule has 0 saturated carbocycles. The molecule has 4 heterocycles. The number of nitrogens with one attached hydrogen (secondary N) is 2. The predicted octanol–water partition coefficient (Wildman–Crippen LogP) is 10.3. The van der Waals surface area contributed by atoms with Crippen molar-refractivity contribution < 1.29 is 24.6 Å². The van der Waals surface area contributed by atoms with Crippen LogP contribution < -0.4 is 22.4 Å². The normalized spacial score (nSPS) is 10.3. The monoisotopic (exact) mass is 1070 g/mol. The van der Waals surface area contributed by atoms with Crippen molar-refractivity contribution in [3.05, 3.63) is 198 Å². The van der Waals surface area contributed by atoms with Crippen molar-refractivity contribution in [3.8, 4) is 42.3 Å². The van der Waals surface area contributed by atoms with Gasteiger partial charge in [0.05, 0.1) is 0 Å². The summed E-state index contributed by atoms with van der Waals surface area (Å²) in [7, 11) is 0. The largest absolute Gasteiger partial charge is 0.477 e. The van der Waals surface area contributed by atoms with Crippen molar-refractivity contribution in [3.63, 3.8) is 0 Å². The van der Waals surface area contributed by atoms with Crippen LogP contribution in [0.5, 0.6) is 0 Å². The van der Waals surface area contributed by atoms with Crippen LogP contribution >= 0.6 is 56.9 Å². The van der Waals surface area contributed by atoms with Gasteiger partial charge in [0.1, 0.15) is 25.7 Å². The van der Waals surface area contributed by atoms with Crippen LogP contribution in [-0.4, -0.2) is 74.4 Å². The van der Waals surface area contributed by atoms with E-state index in [1.54, 1.807) is 24.3 Å². The van der Waals surface area contributed by atoms with Crippen molar-refractivity contribution in [1.82, 2.24) is 40.8 Å². The van der Waals surface area contributed by atoms with E-state index in [9.17, 15) is 19.5 Å². The number of hydrogen-bond donors (Lipinski definition) is 6. The smallest absolute Gasteiger partial charge is 0.372 e. The number of hydrazone groups is 1. The lowest BCUT2D eigenvalue weighted by Gasteiger charge is -2.02. The van der Waals surface area contributed by atoms with Crippen LogP contribution in [-0.2, 0) is 27.2 Å². The van der Waals surface area contributed by atoms with Gasteiger partial charge in [-0.3, -0.25) is 15.6 Å². The topological polar surface area (TPSA) is 283 Å². The molecule has 10 aromatic rings. The Balaban J connectivity index is 0.000000155. The molecule has 0 radical (unpaired) electrons. The standard InChI is InChI=1S/C17H14N4O2S.C9H8O3.C8H5ClN2S.C8H8N4S.C8H7N3S/c22-16(23)14(11-12-7-3-1-4-8-12)18-20-17-21-19-15(24-17)13-9-5-2-6-10-13;10-8(9(11)12)6-7-4-2-1-3-5-7;9-8-11-10-7(12-8)6-4-2-1-3-5-6;9-10-8-12-11-7(13-8)6-4-2-1-3-5-6;9-8-11-10-7(12-8)6-4-2-1-3-5-6/h1-10H,11H2,(H,20,21)(H,22,23);1-5H,6H2,(H,11,12);1-5H;1-5H,9H2,(H,10,12);1-5H,(H2,9,11)/b18-14+;;;;. The fourth-order valence-corrected chi connectivity index (χ4v) is 8.50. The zero-order chi connectivity index (χ0) is 51.6. The fourth-order valence-electron chi connectivity index (χ4n) is 5.70. The number of nitrogens with zero attached hydrogens (tertiary/aromatic N) is 9. The third kappa shape index (κ3) is 18.3. The lowest BCUT2D eigenvalue weighted by molar-refractivity contribution is -0.148. The zero-order valence-electron chi connectivity index (χ0n) is 38.0. The van der Waals surface area contributed by atoms with Gasteiger partial charge in [0.2, 0.25) is 25.6 Å². The van der Waals surface area contributed by atoms with E-state index in [1.807, 2.05) is 158 Å². The number of halogens is 1. The summed E-state index contributed by atoms with van der Waals surface area (Å²) >= 11 is 11.2. The maximum absolute atomic E-state index is 11.3. The summed E-state index contributed by atoms with van der Waals surface area (Å²) < 4.78 is 0.480. The number of aliphatic carboxylic acids is 2. The second-order valence-electron chi connectivity index (χ2n) is 14.3. The molecule has 0 fully saturated rings. The Morgan fingerprint density at radius 1 is 0.466 bits per heavy atom. The minimum atomic E-state index is -1.38. The van der Waals surface area contributed by atoms with Gasteiger partial charge in [-0.2, -0.15) is 5.10 Å². The number of rotatable bonds is 13. The van der Waals surface area contributed by atoms with Crippen LogP contribution in [0.25, 0.3) is 42.3 Å². The molecule has 10 rings (SSSR count). The van der Waals surface area contributed by atoms with E-state index < -0.39 is 17.7 Å². The number of Topliss-reactive ketones (excluding diaryl/α,β-unsaturated/α-hetero) is 1. The van der Waals surface area contributed by atoms with Gasteiger partial charge in [0.15, 0.2) is 0 Å². The first kappa shape index (κ1) is 53.8.